The molecule has 0 bridgehead atoms. The fraction of sp³-hybridized carbons (Fsp3) is 0.278. The van der Waals surface area contributed by atoms with Gasteiger partial charge in [0.05, 0.1) is 5.52 Å². The number of anilines is 1. The Bertz CT molecular complexity index is 1070. The molecule has 26 heavy (non-hydrogen) atoms. The number of nitrogens with one attached hydrogen (secondary N) is 2. The van der Waals surface area contributed by atoms with Crippen LogP contribution in [0.1, 0.15) is 12.8 Å². The summed E-state index contributed by atoms with van der Waals surface area (Å²) < 4.78 is 1.67. The van der Waals surface area contributed by atoms with Gasteiger partial charge in [0.1, 0.15) is 0 Å². The number of nitrogens with zero attached hydrogens (tertiary/aromatic N) is 6. The number of hydrogen-bond acceptors (Lipinski definition) is 7. The summed E-state index contributed by atoms with van der Waals surface area (Å²) in [5, 5.41) is 19.4. The zero-order valence-corrected chi connectivity index (χ0v) is 14.1. The average molecular weight is 346 g/mol. The van der Waals surface area contributed by atoms with E-state index in [-0.39, 0.29) is 0 Å². The lowest BCUT2D eigenvalue weighted by atomic mass is 10.1. The van der Waals surface area contributed by atoms with E-state index >= 15 is 0 Å². The summed E-state index contributed by atoms with van der Waals surface area (Å²) in [5.74, 6) is 0.701. The van der Waals surface area contributed by atoms with E-state index in [0.717, 1.165) is 53.6 Å². The van der Waals surface area contributed by atoms with Gasteiger partial charge in [-0.05, 0) is 66.2 Å². The Morgan fingerprint density at radius 1 is 1.08 bits per heavy atom. The molecule has 1 aliphatic rings. The highest BCUT2D eigenvalue weighted by Gasteiger charge is 2.14. The van der Waals surface area contributed by atoms with Gasteiger partial charge in [-0.2, -0.15) is 0 Å². The molecule has 0 unspecified atom stereocenters. The number of fused-ring (bicyclic) bond motifs is 2. The molecule has 0 aliphatic carbocycles. The quantitative estimate of drug-likeness (QED) is 0.585. The summed E-state index contributed by atoms with van der Waals surface area (Å²) in [5.41, 5.74) is 3.79. The van der Waals surface area contributed by atoms with Crippen molar-refractivity contribution in [2.24, 2.45) is 0 Å². The topological polar surface area (TPSA) is 92.9 Å². The molecule has 1 aromatic carbocycles. The second-order valence-corrected chi connectivity index (χ2v) is 6.54. The molecule has 4 heterocycles. The summed E-state index contributed by atoms with van der Waals surface area (Å²) in [6.45, 7) is 2.08. The summed E-state index contributed by atoms with van der Waals surface area (Å²) in [4.78, 5) is 9.16. The molecule has 0 atom stereocenters. The zero-order valence-electron chi connectivity index (χ0n) is 14.1. The third-order valence-corrected chi connectivity index (χ3v) is 4.78. The first kappa shape index (κ1) is 15.2. The van der Waals surface area contributed by atoms with Gasteiger partial charge in [-0.15, -0.1) is 5.10 Å². The zero-order chi connectivity index (χ0) is 17.3. The maximum Gasteiger partial charge on any atom is 0.223 e. The van der Waals surface area contributed by atoms with Crippen LogP contribution in [0.5, 0.6) is 0 Å². The SMILES string of the molecule is c1cc2nc(NC3CCNCC3)ncc2cc1-c1ccc2nnnn2c1. The van der Waals surface area contributed by atoms with Crippen LogP contribution < -0.4 is 10.6 Å². The highest BCUT2D eigenvalue weighted by molar-refractivity contribution is 5.84. The standard InChI is InChI=1S/C18H18N8/c1-3-16-14(10-20-18(22-16)21-15-5-7-19-8-6-15)9-12(1)13-2-4-17-23-24-25-26(17)11-13/h1-4,9-11,15,19H,5-8H2,(H,20,21,22). The second-order valence-electron chi connectivity index (χ2n) is 6.54. The molecule has 3 aromatic heterocycles. The van der Waals surface area contributed by atoms with Gasteiger partial charge >= 0.3 is 0 Å². The molecule has 1 saturated heterocycles. The lowest BCUT2D eigenvalue weighted by Gasteiger charge is -2.23. The summed E-state index contributed by atoms with van der Waals surface area (Å²) in [6, 6.07) is 10.5. The van der Waals surface area contributed by atoms with Crippen LogP contribution >= 0.6 is 0 Å². The van der Waals surface area contributed by atoms with Crippen LogP contribution in [0.25, 0.3) is 27.7 Å². The molecule has 4 aromatic rings. The Kier molecular flexibility index (Phi) is 3.67. The Labute approximate surface area is 149 Å². The van der Waals surface area contributed by atoms with Gasteiger partial charge in [-0.1, -0.05) is 6.07 Å². The lowest BCUT2D eigenvalue weighted by molar-refractivity contribution is 0.477. The van der Waals surface area contributed by atoms with E-state index in [0.29, 0.717) is 12.0 Å². The van der Waals surface area contributed by atoms with E-state index in [1.165, 1.54) is 0 Å². The molecule has 1 fully saturated rings. The van der Waals surface area contributed by atoms with Crippen LogP contribution in [-0.2, 0) is 0 Å². The first-order valence-electron chi connectivity index (χ1n) is 8.77. The third kappa shape index (κ3) is 2.84. The highest BCUT2D eigenvalue weighted by Crippen LogP contribution is 2.24. The molecular formula is C18H18N8. The smallest absolute Gasteiger partial charge is 0.223 e. The van der Waals surface area contributed by atoms with Crippen LogP contribution in [0, 0.1) is 0 Å². The minimum Gasteiger partial charge on any atom is -0.351 e. The van der Waals surface area contributed by atoms with Crippen LogP contribution in [0.15, 0.2) is 42.7 Å². The van der Waals surface area contributed by atoms with Crippen molar-refractivity contribution in [2.75, 3.05) is 18.4 Å². The van der Waals surface area contributed by atoms with Crippen molar-refractivity contribution >= 4 is 22.5 Å². The molecule has 130 valence electrons. The molecule has 8 nitrogen and oxygen atoms in total. The predicted molar refractivity (Wildman–Crippen MR) is 98.8 cm³/mol. The fourth-order valence-corrected chi connectivity index (χ4v) is 3.34. The van der Waals surface area contributed by atoms with Crippen molar-refractivity contribution < 1.29 is 0 Å². The largest absolute Gasteiger partial charge is 0.351 e. The van der Waals surface area contributed by atoms with Crippen molar-refractivity contribution in [3.05, 3.63) is 42.7 Å². The first-order valence-corrected chi connectivity index (χ1v) is 8.77. The molecule has 0 amide bonds. The van der Waals surface area contributed by atoms with Gasteiger partial charge < -0.3 is 10.6 Å². The number of aromatic nitrogens is 6. The van der Waals surface area contributed by atoms with Gasteiger partial charge in [0.15, 0.2) is 5.65 Å². The van der Waals surface area contributed by atoms with E-state index in [1.807, 2.05) is 30.6 Å². The molecule has 0 radical (unpaired) electrons. The van der Waals surface area contributed by atoms with Crippen molar-refractivity contribution in [1.82, 2.24) is 35.3 Å². The Morgan fingerprint density at radius 3 is 2.88 bits per heavy atom. The van der Waals surface area contributed by atoms with Gasteiger partial charge in [0.25, 0.3) is 0 Å². The van der Waals surface area contributed by atoms with Crippen LogP contribution in [0.2, 0.25) is 0 Å². The van der Waals surface area contributed by atoms with Crippen LogP contribution in [0.4, 0.5) is 5.95 Å². The Balaban J connectivity index is 1.44. The minimum atomic E-state index is 0.441. The van der Waals surface area contributed by atoms with Gasteiger partial charge in [-0.3, -0.25) is 0 Å². The first-order chi connectivity index (χ1) is 12.8. The van der Waals surface area contributed by atoms with Crippen molar-refractivity contribution in [1.29, 1.82) is 0 Å². The molecular weight excluding hydrogens is 328 g/mol. The second kappa shape index (κ2) is 6.30. The minimum absolute atomic E-state index is 0.441. The van der Waals surface area contributed by atoms with E-state index in [4.69, 9.17) is 0 Å². The van der Waals surface area contributed by atoms with E-state index in [1.54, 1.807) is 4.52 Å². The number of tetrazole rings is 1. The van der Waals surface area contributed by atoms with E-state index in [2.05, 4.69) is 48.3 Å². The third-order valence-electron chi connectivity index (χ3n) is 4.78. The van der Waals surface area contributed by atoms with Crippen molar-refractivity contribution in [3.8, 4) is 11.1 Å². The molecule has 0 saturated carbocycles. The Hall–Kier alpha value is -3.13. The van der Waals surface area contributed by atoms with E-state index in [9.17, 15) is 0 Å². The number of piperidine rings is 1. The van der Waals surface area contributed by atoms with Crippen LogP contribution in [-0.4, -0.2) is 49.1 Å². The van der Waals surface area contributed by atoms with Gasteiger partial charge in [0.2, 0.25) is 5.95 Å². The lowest BCUT2D eigenvalue weighted by Crippen LogP contribution is -2.35. The predicted octanol–water partition coefficient (Wildman–Crippen LogP) is 1.90. The molecule has 1 aliphatic heterocycles. The van der Waals surface area contributed by atoms with Gasteiger partial charge in [-0.25, -0.2) is 14.5 Å². The summed E-state index contributed by atoms with van der Waals surface area (Å²) in [7, 11) is 0. The van der Waals surface area contributed by atoms with Gasteiger partial charge in [0, 0.05) is 29.4 Å². The number of pyridine rings is 1. The number of rotatable bonds is 3. The maximum absolute atomic E-state index is 4.67. The summed E-state index contributed by atoms with van der Waals surface area (Å²) >= 11 is 0. The van der Waals surface area contributed by atoms with Crippen molar-refractivity contribution in [2.45, 2.75) is 18.9 Å². The Morgan fingerprint density at radius 2 is 1.96 bits per heavy atom. The monoisotopic (exact) mass is 346 g/mol. The fourth-order valence-electron chi connectivity index (χ4n) is 3.34. The average Bonchev–Trinajstić information content (AvgIpc) is 3.16. The van der Waals surface area contributed by atoms with E-state index < -0.39 is 0 Å². The highest BCUT2D eigenvalue weighted by atomic mass is 15.5. The maximum atomic E-state index is 4.67. The molecule has 2 N–H and O–H groups in total. The number of hydrogen-bond donors (Lipinski definition) is 2. The van der Waals surface area contributed by atoms with Crippen LogP contribution in [0.3, 0.4) is 0 Å². The number of benzene rings is 1. The molecule has 8 heteroatoms. The normalized spacial score (nSPS) is 15.5. The summed E-state index contributed by atoms with van der Waals surface area (Å²) in [6.07, 6.45) is 6.00. The van der Waals surface area contributed by atoms with Crippen molar-refractivity contribution in [3.63, 3.8) is 0 Å². The molecule has 5 rings (SSSR count). The molecule has 0 spiro atoms.